The third-order valence-corrected chi connectivity index (χ3v) is 5.72. The molecule has 6 heteroatoms. The van der Waals surface area contributed by atoms with Crippen LogP contribution in [0.25, 0.3) is 6.08 Å². The van der Waals surface area contributed by atoms with Crippen molar-refractivity contribution in [3.8, 4) is 0 Å². The standard InChI is InChI=1S/C24H35N3O3/c1-4-17(2)11-9-7-5-6-8-10-12-19(28)14-13-18-15-20-22(29)16-21(25-3)24(30)23(20)27-26-18/h13-17,19,25,28H,4-12H2,1-3H3/b14-13+/t17-,19+/m1/s1. The van der Waals surface area contributed by atoms with E-state index in [0.717, 1.165) is 18.8 Å². The van der Waals surface area contributed by atoms with Crippen molar-refractivity contribution in [1.29, 1.82) is 0 Å². The zero-order chi connectivity index (χ0) is 21.9. The molecule has 6 nitrogen and oxygen atoms in total. The number of carbonyl (C=O) groups is 2. The highest BCUT2D eigenvalue weighted by Gasteiger charge is 2.27. The van der Waals surface area contributed by atoms with Crippen molar-refractivity contribution >= 4 is 17.6 Å². The Kier molecular flexibility index (Phi) is 9.87. The predicted octanol–water partition coefficient (Wildman–Crippen LogP) is 4.50. The van der Waals surface area contributed by atoms with Crippen LogP contribution in [0.1, 0.15) is 98.2 Å². The molecule has 1 aliphatic carbocycles. The molecule has 164 valence electrons. The van der Waals surface area contributed by atoms with E-state index in [0.29, 0.717) is 12.1 Å². The smallest absolute Gasteiger partial charge is 0.229 e. The van der Waals surface area contributed by atoms with Crippen molar-refractivity contribution in [3.63, 3.8) is 0 Å². The van der Waals surface area contributed by atoms with Gasteiger partial charge in [0.1, 0.15) is 5.69 Å². The summed E-state index contributed by atoms with van der Waals surface area (Å²) in [6, 6.07) is 1.55. The van der Waals surface area contributed by atoms with Crippen molar-refractivity contribution in [2.75, 3.05) is 7.05 Å². The van der Waals surface area contributed by atoms with Crippen molar-refractivity contribution in [2.45, 2.75) is 77.7 Å². The van der Waals surface area contributed by atoms with Crippen LogP contribution in [-0.4, -0.2) is 40.0 Å². The minimum absolute atomic E-state index is 0.0636. The molecule has 0 spiro atoms. The van der Waals surface area contributed by atoms with Gasteiger partial charge in [-0.25, -0.2) is 0 Å². The lowest BCUT2D eigenvalue weighted by Crippen LogP contribution is -2.26. The third-order valence-electron chi connectivity index (χ3n) is 5.72. The number of hydrogen-bond donors (Lipinski definition) is 2. The van der Waals surface area contributed by atoms with Gasteiger partial charge < -0.3 is 10.4 Å². The molecule has 0 saturated carbocycles. The van der Waals surface area contributed by atoms with E-state index in [1.807, 2.05) is 0 Å². The Morgan fingerprint density at radius 2 is 1.73 bits per heavy atom. The first-order valence-corrected chi connectivity index (χ1v) is 11.2. The Balaban J connectivity index is 1.72. The second-order valence-electron chi connectivity index (χ2n) is 8.17. The fourth-order valence-corrected chi connectivity index (χ4v) is 3.49. The number of aliphatic hydroxyl groups is 1. The number of nitrogens with zero attached hydrogens (tertiary/aromatic N) is 2. The van der Waals surface area contributed by atoms with Gasteiger partial charge in [-0.2, -0.15) is 5.10 Å². The first-order chi connectivity index (χ1) is 14.5. The minimum atomic E-state index is -0.554. The van der Waals surface area contributed by atoms with Gasteiger partial charge in [-0.1, -0.05) is 71.3 Å². The lowest BCUT2D eigenvalue weighted by molar-refractivity contribution is 0.0974. The van der Waals surface area contributed by atoms with Gasteiger partial charge in [-0.3, -0.25) is 9.59 Å². The number of rotatable bonds is 13. The largest absolute Gasteiger partial charge is 0.389 e. The first-order valence-electron chi connectivity index (χ1n) is 11.2. The Morgan fingerprint density at radius 3 is 2.40 bits per heavy atom. The summed E-state index contributed by atoms with van der Waals surface area (Å²) in [4.78, 5) is 24.4. The molecule has 0 bridgehead atoms. The van der Waals surface area contributed by atoms with Gasteiger partial charge in [-0.15, -0.1) is 5.10 Å². The molecule has 1 aromatic rings. The van der Waals surface area contributed by atoms with E-state index in [1.165, 1.54) is 44.6 Å². The maximum absolute atomic E-state index is 12.2. The molecular weight excluding hydrogens is 378 g/mol. The van der Waals surface area contributed by atoms with E-state index in [2.05, 4.69) is 29.4 Å². The van der Waals surface area contributed by atoms with Gasteiger partial charge in [0.15, 0.2) is 5.78 Å². The van der Waals surface area contributed by atoms with Crippen LogP contribution in [0.5, 0.6) is 0 Å². The van der Waals surface area contributed by atoms with Crippen LogP contribution < -0.4 is 5.32 Å². The molecule has 0 fully saturated rings. The number of unbranched alkanes of at least 4 members (excludes halogenated alkanes) is 5. The minimum Gasteiger partial charge on any atom is -0.389 e. The molecule has 1 aliphatic rings. The molecule has 0 saturated heterocycles. The molecule has 0 unspecified atom stereocenters. The maximum Gasteiger partial charge on any atom is 0.229 e. The summed E-state index contributed by atoms with van der Waals surface area (Å²) in [7, 11) is 1.59. The summed E-state index contributed by atoms with van der Waals surface area (Å²) >= 11 is 0. The topological polar surface area (TPSA) is 92.2 Å². The summed E-state index contributed by atoms with van der Waals surface area (Å²) in [5, 5.41) is 20.8. The second-order valence-corrected chi connectivity index (χ2v) is 8.17. The predicted molar refractivity (Wildman–Crippen MR) is 119 cm³/mol. The Labute approximate surface area is 179 Å². The Morgan fingerprint density at radius 1 is 1.07 bits per heavy atom. The Hall–Kier alpha value is -2.34. The molecule has 2 atom stereocenters. The monoisotopic (exact) mass is 413 g/mol. The van der Waals surface area contributed by atoms with Gasteiger partial charge in [0.2, 0.25) is 5.78 Å². The third kappa shape index (κ3) is 7.17. The highest BCUT2D eigenvalue weighted by atomic mass is 16.3. The number of nitrogens with one attached hydrogen (secondary N) is 1. The number of ketones is 2. The molecule has 1 heterocycles. The molecular formula is C24H35N3O3. The van der Waals surface area contributed by atoms with E-state index < -0.39 is 6.10 Å². The lowest BCUT2D eigenvalue weighted by Gasteiger charge is -2.13. The molecule has 2 N–H and O–H groups in total. The number of aromatic nitrogens is 2. The summed E-state index contributed by atoms with van der Waals surface area (Å²) in [5.74, 6) is 0.228. The zero-order valence-corrected chi connectivity index (χ0v) is 18.5. The van der Waals surface area contributed by atoms with E-state index in [9.17, 15) is 14.7 Å². The van der Waals surface area contributed by atoms with E-state index in [4.69, 9.17) is 0 Å². The molecule has 2 rings (SSSR count). The lowest BCUT2D eigenvalue weighted by atomic mass is 9.97. The van der Waals surface area contributed by atoms with E-state index in [-0.39, 0.29) is 28.5 Å². The summed E-state index contributed by atoms with van der Waals surface area (Å²) in [6.45, 7) is 4.57. The fraction of sp³-hybridized carbons (Fsp3) is 0.583. The van der Waals surface area contributed by atoms with Crippen LogP contribution in [0.3, 0.4) is 0 Å². The number of carbonyl (C=O) groups excluding carboxylic acids is 2. The number of Topliss-reactive ketones (excluding diaryl/α,β-unsaturated/α-hetero) is 1. The quantitative estimate of drug-likeness (QED) is 0.463. The van der Waals surface area contributed by atoms with E-state index in [1.54, 1.807) is 25.3 Å². The number of likely N-dealkylation sites (N-methyl/N-ethyl adjacent to an activating group) is 1. The van der Waals surface area contributed by atoms with E-state index >= 15 is 0 Å². The highest BCUT2D eigenvalue weighted by Crippen LogP contribution is 2.19. The summed E-state index contributed by atoms with van der Waals surface area (Å²) < 4.78 is 0. The molecule has 30 heavy (non-hydrogen) atoms. The summed E-state index contributed by atoms with van der Waals surface area (Å²) in [5.41, 5.74) is 0.984. The van der Waals surface area contributed by atoms with Crippen LogP contribution in [0.2, 0.25) is 0 Å². The second kappa shape index (κ2) is 12.4. The van der Waals surface area contributed by atoms with Gasteiger partial charge in [-0.05, 0) is 24.5 Å². The van der Waals surface area contributed by atoms with Crippen molar-refractivity contribution < 1.29 is 14.7 Å². The highest BCUT2D eigenvalue weighted by molar-refractivity contribution is 6.23. The van der Waals surface area contributed by atoms with Gasteiger partial charge in [0.05, 0.1) is 23.1 Å². The number of hydrogen-bond acceptors (Lipinski definition) is 6. The van der Waals surface area contributed by atoms with Crippen molar-refractivity contribution in [1.82, 2.24) is 15.5 Å². The van der Waals surface area contributed by atoms with Crippen LogP contribution >= 0.6 is 0 Å². The zero-order valence-electron chi connectivity index (χ0n) is 18.5. The van der Waals surface area contributed by atoms with Crippen LogP contribution in [0.4, 0.5) is 0 Å². The maximum atomic E-state index is 12.2. The van der Waals surface area contributed by atoms with Crippen molar-refractivity contribution in [2.24, 2.45) is 5.92 Å². The molecule has 1 aromatic heterocycles. The average Bonchev–Trinajstić information content (AvgIpc) is 2.76. The SMILES string of the molecule is CC[C@@H](C)CCCCCCCC[C@H](O)/C=C/c1cc2c(nn1)C(=O)C(NC)=CC2=O. The van der Waals surface area contributed by atoms with Crippen LogP contribution in [0, 0.1) is 5.92 Å². The van der Waals surface area contributed by atoms with Gasteiger partial charge >= 0.3 is 0 Å². The van der Waals surface area contributed by atoms with Crippen molar-refractivity contribution in [3.05, 3.63) is 40.9 Å². The number of allylic oxidation sites excluding steroid dienone is 2. The Bertz CT molecular complexity index is 786. The molecule has 0 aliphatic heterocycles. The number of aliphatic hydroxyl groups excluding tert-OH is 1. The fourth-order valence-electron chi connectivity index (χ4n) is 3.49. The number of fused-ring (bicyclic) bond motifs is 1. The summed E-state index contributed by atoms with van der Waals surface area (Å²) in [6.07, 6.45) is 14.6. The van der Waals surface area contributed by atoms with Gasteiger partial charge in [0, 0.05) is 13.1 Å². The van der Waals surface area contributed by atoms with Gasteiger partial charge in [0.25, 0.3) is 0 Å². The molecule has 0 radical (unpaired) electrons. The van der Waals surface area contributed by atoms with Crippen LogP contribution in [-0.2, 0) is 0 Å². The molecule has 0 aromatic carbocycles. The normalized spacial score (nSPS) is 15.8. The first kappa shape index (κ1) is 23.9. The molecule has 0 amide bonds. The average molecular weight is 414 g/mol. The van der Waals surface area contributed by atoms with Crippen LogP contribution in [0.15, 0.2) is 23.9 Å².